The van der Waals surface area contributed by atoms with E-state index < -0.39 is 90.5 Å². The maximum Gasteiger partial charge on any atom is 0.317 e. The maximum atomic E-state index is 14.1. The molecule has 1 saturated heterocycles. The quantitative estimate of drug-likeness (QED) is 0.153. The lowest BCUT2D eigenvalue weighted by Crippen LogP contribution is -2.65. The Morgan fingerprint density at radius 3 is 2.14 bits per heavy atom. The number of fused-ring (bicyclic) bond motifs is 2. The summed E-state index contributed by atoms with van der Waals surface area (Å²) >= 11 is 0. The molecule has 0 aromatic rings. The number of carbonyl (C=O) groups is 1. The van der Waals surface area contributed by atoms with Crippen LogP contribution in [0.3, 0.4) is 0 Å². The van der Waals surface area contributed by atoms with Crippen molar-refractivity contribution in [2.24, 2.45) is 56.7 Å². The summed E-state index contributed by atoms with van der Waals surface area (Å²) in [5.41, 5.74) is -3.86. The van der Waals surface area contributed by atoms with E-state index in [0.29, 0.717) is 6.42 Å². The van der Waals surface area contributed by atoms with E-state index in [4.69, 9.17) is 9.47 Å². The van der Waals surface area contributed by atoms with Crippen LogP contribution in [0.2, 0.25) is 0 Å². The van der Waals surface area contributed by atoms with Gasteiger partial charge in [0.05, 0.1) is 42.5 Å². The molecule has 6 rings (SSSR count). The summed E-state index contributed by atoms with van der Waals surface area (Å²) in [6, 6.07) is 0. The van der Waals surface area contributed by atoms with Gasteiger partial charge in [-0.3, -0.25) is 4.79 Å². The molecular weight excluding hydrogens is 636 g/mol. The molecule has 0 radical (unpaired) electrons. The van der Waals surface area contributed by atoms with Crippen LogP contribution in [0.1, 0.15) is 99.3 Å². The summed E-state index contributed by atoms with van der Waals surface area (Å²) in [6.45, 7) is 11.1. The van der Waals surface area contributed by atoms with Crippen LogP contribution in [0, 0.1) is 56.7 Å². The number of esters is 1. The van der Waals surface area contributed by atoms with Gasteiger partial charge in [-0.1, -0.05) is 34.6 Å². The van der Waals surface area contributed by atoms with Gasteiger partial charge in [0.15, 0.2) is 0 Å². The molecule has 12 nitrogen and oxygen atoms in total. The normalized spacial score (nSPS) is 53.0. The summed E-state index contributed by atoms with van der Waals surface area (Å²) in [4.78, 5) is 14.1. The summed E-state index contributed by atoms with van der Waals surface area (Å²) in [7, 11) is 0. The highest BCUT2D eigenvalue weighted by molar-refractivity contribution is 5.78. The number of hydrogen-bond acceptors (Lipinski definition) is 12. The van der Waals surface area contributed by atoms with E-state index >= 15 is 0 Å². The molecule has 5 saturated carbocycles. The lowest BCUT2D eigenvalue weighted by atomic mass is 9.41. The van der Waals surface area contributed by atoms with Crippen molar-refractivity contribution in [3.8, 4) is 0 Å². The summed E-state index contributed by atoms with van der Waals surface area (Å²) in [5, 5.41) is 96.5. The maximum absolute atomic E-state index is 14.1. The molecule has 2 spiro atoms. The molecule has 49 heavy (non-hydrogen) atoms. The number of aliphatic hydroxyl groups excluding tert-OH is 8. The average molecular weight is 699 g/mol. The van der Waals surface area contributed by atoms with Gasteiger partial charge in [0.2, 0.25) is 6.29 Å². The Hall–Kier alpha value is -0.930. The molecule has 9 N–H and O–H groups in total. The van der Waals surface area contributed by atoms with E-state index in [9.17, 15) is 50.8 Å². The van der Waals surface area contributed by atoms with Gasteiger partial charge in [-0.2, -0.15) is 0 Å². The van der Waals surface area contributed by atoms with E-state index in [2.05, 4.69) is 20.8 Å². The fourth-order valence-corrected chi connectivity index (χ4v) is 12.9. The third-order valence-corrected chi connectivity index (χ3v) is 16.5. The average Bonchev–Trinajstić information content (AvgIpc) is 3.68. The van der Waals surface area contributed by atoms with Crippen molar-refractivity contribution in [1.82, 2.24) is 0 Å². The molecule has 1 aliphatic heterocycles. The number of hydrogen-bond donors (Lipinski definition) is 9. The zero-order valence-electron chi connectivity index (χ0n) is 30.0. The smallest absolute Gasteiger partial charge is 0.317 e. The van der Waals surface area contributed by atoms with Crippen LogP contribution < -0.4 is 0 Å². The first-order valence-corrected chi connectivity index (χ1v) is 18.6. The molecule has 0 bridgehead atoms. The first-order valence-electron chi connectivity index (χ1n) is 18.6. The third-order valence-electron chi connectivity index (χ3n) is 16.5. The van der Waals surface area contributed by atoms with Crippen molar-refractivity contribution in [2.75, 3.05) is 13.2 Å². The van der Waals surface area contributed by atoms with E-state index in [1.807, 2.05) is 13.8 Å². The van der Waals surface area contributed by atoms with Gasteiger partial charge >= 0.3 is 5.97 Å². The second kappa shape index (κ2) is 12.3. The summed E-state index contributed by atoms with van der Waals surface area (Å²) in [6.07, 6.45) is -4.98. The van der Waals surface area contributed by atoms with Crippen LogP contribution >= 0.6 is 0 Å². The number of rotatable bonds is 9. The van der Waals surface area contributed by atoms with Crippen LogP contribution in [-0.2, 0) is 14.3 Å². The molecule has 0 amide bonds. The van der Waals surface area contributed by atoms with Gasteiger partial charge in [-0.15, -0.1) is 0 Å². The SMILES string of the molecule is CC(C)[C@](O)(CO)C[C@@H](O)[C@@H](C)[C@H]1CC[C@@]2(C)[C@@H]3CCC4[C@](C)(C(=O)O[C@@H]5O[C@H](CO)[C@@H](O)[C@H](O)[C@H]5O)[C@@H](O)C[C@H](O)[C@@]45C[C@@]35CC[C@]12C. The Morgan fingerprint density at radius 1 is 0.878 bits per heavy atom. The number of aliphatic hydroxyl groups is 9. The van der Waals surface area contributed by atoms with Crippen LogP contribution in [0.5, 0.6) is 0 Å². The van der Waals surface area contributed by atoms with Crippen molar-refractivity contribution in [2.45, 2.75) is 154 Å². The van der Waals surface area contributed by atoms with Crippen LogP contribution in [-0.4, -0.2) is 120 Å². The van der Waals surface area contributed by atoms with Crippen molar-refractivity contribution in [3.05, 3.63) is 0 Å². The Morgan fingerprint density at radius 2 is 1.53 bits per heavy atom. The first kappa shape index (κ1) is 37.8. The van der Waals surface area contributed by atoms with E-state index in [0.717, 1.165) is 38.5 Å². The number of ether oxygens (including phenoxy) is 2. The molecule has 282 valence electrons. The van der Waals surface area contributed by atoms with E-state index in [1.165, 1.54) is 0 Å². The fourth-order valence-electron chi connectivity index (χ4n) is 12.9. The predicted octanol–water partition coefficient (Wildman–Crippen LogP) is 0.847. The molecule has 18 atom stereocenters. The number of carbonyl (C=O) groups excluding carboxylic acids is 1. The Balaban J connectivity index is 1.25. The van der Waals surface area contributed by atoms with Gasteiger partial charge in [0.1, 0.15) is 24.4 Å². The van der Waals surface area contributed by atoms with Crippen molar-refractivity contribution < 1.29 is 60.2 Å². The molecule has 6 fully saturated rings. The minimum atomic E-state index is -1.76. The Kier molecular flexibility index (Phi) is 9.50. The predicted molar refractivity (Wildman–Crippen MR) is 175 cm³/mol. The lowest BCUT2D eigenvalue weighted by molar-refractivity contribution is -0.300. The monoisotopic (exact) mass is 698 g/mol. The molecule has 0 aromatic carbocycles. The molecule has 6 aliphatic rings. The molecule has 1 unspecified atom stereocenters. The Bertz CT molecular complexity index is 1260. The van der Waals surface area contributed by atoms with Crippen LogP contribution in [0.25, 0.3) is 0 Å². The van der Waals surface area contributed by atoms with Crippen molar-refractivity contribution >= 4 is 5.97 Å². The Labute approximate surface area is 289 Å². The highest BCUT2D eigenvalue weighted by Crippen LogP contribution is 2.89. The lowest BCUT2D eigenvalue weighted by Gasteiger charge is -2.64. The topological polar surface area (TPSA) is 218 Å². The zero-order chi connectivity index (χ0) is 36.3. The fraction of sp³-hybridized carbons (Fsp3) is 0.973. The first-order chi connectivity index (χ1) is 22.8. The molecule has 5 aliphatic carbocycles. The second-order valence-electron chi connectivity index (χ2n) is 18.2. The van der Waals surface area contributed by atoms with Crippen LogP contribution in [0.4, 0.5) is 0 Å². The second-order valence-corrected chi connectivity index (χ2v) is 18.2. The van der Waals surface area contributed by atoms with Gasteiger partial charge in [-0.25, -0.2) is 0 Å². The minimum absolute atomic E-state index is 0.00525. The highest BCUT2D eigenvalue weighted by Gasteiger charge is 2.86. The van der Waals surface area contributed by atoms with Crippen molar-refractivity contribution in [1.29, 1.82) is 0 Å². The minimum Gasteiger partial charge on any atom is -0.432 e. The van der Waals surface area contributed by atoms with E-state index in [-0.39, 0.29) is 52.8 Å². The third kappa shape index (κ3) is 4.94. The summed E-state index contributed by atoms with van der Waals surface area (Å²) in [5.74, 6) is -1.07. The molecular formula is C37H62O12. The summed E-state index contributed by atoms with van der Waals surface area (Å²) < 4.78 is 11.2. The van der Waals surface area contributed by atoms with Crippen LogP contribution in [0.15, 0.2) is 0 Å². The van der Waals surface area contributed by atoms with E-state index in [1.54, 1.807) is 6.92 Å². The largest absolute Gasteiger partial charge is 0.432 e. The molecule has 0 aromatic heterocycles. The van der Waals surface area contributed by atoms with Gasteiger partial charge in [0, 0.05) is 18.3 Å². The highest BCUT2D eigenvalue weighted by atomic mass is 16.7. The standard InChI is InChI=1S/C37H62O12/c1-18(2)36(47,17-39)14-21(40)19(3)20-9-10-33(5)23-7-8-24-34(6,31(46)49-30-29(45)28(44)27(43)22(15-38)48-30)25(41)13-26(42)37(24)16-35(23,37)12-11-32(20,33)4/h18-30,38-45,47H,7-17H2,1-6H3/t19-,20+,21+,22+,23-,24?,25-,26-,27+,28-,29+,30-,32+,33-,34-,35-,36+,37+/m0/s1. The molecule has 1 heterocycles. The van der Waals surface area contributed by atoms with Gasteiger partial charge < -0.3 is 55.4 Å². The van der Waals surface area contributed by atoms with Crippen molar-refractivity contribution in [3.63, 3.8) is 0 Å². The van der Waals surface area contributed by atoms with Gasteiger partial charge in [0.25, 0.3) is 0 Å². The zero-order valence-corrected chi connectivity index (χ0v) is 30.0. The van der Waals surface area contributed by atoms with Gasteiger partial charge in [-0.05, 0) is 97.7 Å². The molecule has 12 heteroatoms.